The predicted octanol–water partition coefficient (Wildman–Crippen LogP) is 2.26. The molecule has 138 valence electrons. The average Bonchev–Trinajstić information content (AvgIpc) is 2.94. The Morgan fingerprint density at radius 3 is 2.48 bits per heavy atom. The van der Waals surface area contributed by atoms with Crippen LogP contribution in [0, 0.1) is 0 Å². The zero-order valence-electron chi connectivity index (χ0n) is 14.5. The molecule has 0 aromatic heterocycles. The minimum Gasteiger partial charge on any atom is -0.548 e. The van der Waals surface area contributed by atoms with Crippen LogP contribution in [-0.4, -0.2) is 34.2 Å². The van der Waals surface area contributed by atoms with Crippen LogP contribution in [0.25, 0.3) is 6.08 Å². The summed E-state index contributed by atoms with van der Waals surface area (Å²) >= 11 is 6.37. The molecule has 0 spiro atoms. The lowest BCUT2D eigenvalue weighted by molar-refractivity contribution is -0.310. The minimum atomic E-state index is -1.33. The van der Waals surface area contributed by atoms with Crippen LogP contribution in [0.15, 0.2) is 59.5 Å². The fourth-order valence-corrected chi connectivity index (χ4v) is 4.07. The van der Waals surface area contributed by atoms with Crippen molar-refractivity contribution in [3.63, 3.8) is 0 Å². The van der Waals surface area contributed by atoms with E-state index in [0.29, 0.717) is 10.7 Å². The van der Waals surface area contributed by atoms with Crippen LogP contribution < -0.4 is 9.84 Å². The molecule has 5 nitrogen and oxygen atoms in total. The number of carbonyl (C=O) groups is 2. The van der Waals surface area contributed by atoms with Gasteiger partial charge < -0.3 is 14.6 Å². The van der Waals surface area contributed by atoms with E-state index in [9.17, 15) is 14.7 Å². The van der Waals surface area contributed by atoms with Crippen LogP contribution >= 0.6 is 24.0 Å². The van der Waals surface area contributed by atoms with Gasteiger partial charge in [-0.05, 0) is 35.8 Å². The number of amides is 1. The van der Waals surface area contributed by atoms with Crippen molar-refractivity contribution < 1.29 is 19.4 Å². The Morgan fingerprint density at radius 2 is 1.89 bits per heavy atom. The Labute approximate surface area is 166 Å². The van der Waals surface area contributed by atoms with Gasteiger partial charge in [-0.2, -0.15) is 0 Å². The summed E-state index contributed by atoms with van der Waals surface area (Å²) in [5.74, 6) is -1.05. The van der Waals surface area contributed by atoms with Crippen molar-refractivity contribution >= 4 is 46.3 Å². The summed E-state index contributed by atoms with van der Waals surface area (Å²) in [6, 6.07) is 15.1. The first-order valence-corrected chi connectivity index (χ1v) is 9.38. The van der Waals surface area contributed by atoms with Gasteiger partial charge in [0.25, 0.3) is 5.91 Å². The maximum Gasteiger partial charge on any atom is 0.266 e. The fourth-order valence-electron chi connectivity index (χ4n) is 2.72. The highest BCUT2D eigenvalue weighted by Gasteiger charge is 2.37. The van der Waals surface area contributed by atoms with E-state index >= 15 is 0 Å². The van der Waals surface area contributed by atoms with Gasteiger partial charge in [-0.15, -0.1) is 0 Å². The zero-order chi connectivity index (χ0) is 19.4. The van der Waals surface area contributed by atoms with Crippen LogP contribution in [0.3, 0.4) is 0 Å². The summed E-state index contributed by atoms with van der Waals surface area (Å²) in [7, 11) is 1.58. The molecule has 1 saturated heterocycles. The van der Waals surface area contributed by atoms with Gasteiger partial charge >= 0.3 is 0 Å². The second-order valence-electron chi connectivity index (χ2n) is 5.85. The van der Waals surface area contributed by atoms with E-state index in [1.54, 1.807) is 37.5 Å². The van der Waals surface area contributed by atoms with E-state index in [4.69, 9.17) is 17.0 Å². The Bertz CT molecular complexity index is 894. The Hall–Kier alpha value is -2.64. The van der Waals surface area contributed by atoms with E-state index in [2.05, 4.69) is 0 Å². The number of hydrogen-bond donors (Lipinski definition) is 0. The fraction of sp³-hybridized carbons (Fsp3) is 0.150. The van der Waals surface area contributed by atoms with Crippen LogP contribution in [-0.2, 0) is 16.0 Å². The van der Waals surface area contributed by atoms with Gasteiger partial charge in [-0.1, -0.05) is 66.4 Å². The smallest absolute Gasteiger partial charge is 0.266 e. The van der Waals surface area contributed by atoms with E-state index in [1.165, 1.54) is 0 Å². The first kappa shape index (κ1) is 19.1. The lowest BCUT2D eigenvalue weighted by Gasteiger charge is -2.27. The van der Waals surface area contributed by atoms with Crippen molar-refractivity contribution in [2.45, 2.75) is 12.5 Å². The summed E-state index contributed by atoms with van der Waals surface area (Å²) in [6.45, 7) is 0. The molecular weight excluding hydrogens is 382 g/mol. The lowest BCUT2D eigenvalue weighted by Crippen LogP contribution is -2.51. The first-order valence-electron chi connectivity index (χ1n) is 8.15. The number of ether oxygens (including phenoxy) is 1. The topological polar surface area (TPSA) is 69.7 Å². The molecule has 27 heavy (non-hydrogen) atoms. The number of thiocarbonyl (C=S) groups is 1. The quantitative estimate of drug-likeness (QED) is 0.549. The predicted molar refractivity (Wildman–Crippen MR) is 107 cm³/mol. The molecule has 2 aromatic carbocycles. The number of methoxy groups -OCH3 is 1. The number of carboxylic acid groups (broad SMARTS) is 1. The lowest BCUT2D eigenvalue weighted by atomic mass is 10.0. The molecule has 1 heterocycles. The van der Waals surface area contributed by atoms with Gasteiger partial charge in [0.1, 0.15) is 10.1 Å². The van der Waals surface area contributed by atoms with E-state index in [-0.39, 0.29) is 10.7 Å². The van der Waals surface area contributed by atoms with Gasteiger partial charge in [-0.25, -0.2) is 0 Å². The molecule has 1 atom stereocenters. The minimum absolute atomic E-state index is 0.130. The van der Waals surface area contributed by atoms with Crippen molar-refractivity contribution in [2.75, 3.05) is 7.11 Å². The molecule has 1 aliphatic rings. The van der Waals surface area contributed by atoms with Crippen LogP contribution in [0.5, 0.6) is 5.75 Å². The van der Waals surface area contributed by atoms with Gasteiger partial charge in [-0.3, -0.25) is 9.69 Å². The normalized spacial score (nSPS) is 16.6. The molecule has 0 aliphatic carbocycles. The molecule has 1 aliphatic heterocycles. The summed E-state index contributed by atoms with van der Waals surface area (Å²) in [6.07, 6.45) is 1.82. The number of thioether (sulfide) groups is 1. The Kier molecular flexibility index (Phi) is 5.93. The summed E-state index contributed by atoms with van der Waals surface area (Å²) < 4.78 is 5.33. The molecule has 1 unspecified atom stereocenters. The Balaban J connectivity index is 1.84. The number of benzene rings is 2. The summed E-state index contributed by atoms with van der Waals surface area (Å²) in [5, 5.41) is 11.7. The van der Waals surface area contributed by atoms with Crippen LogP contribution in [0.2, 0.25) is 0 Å². The van der Waals surface area contributed by atoms with Gasteiger partial charge in [0.2, 0.25) is 0 Å². The molecule has 0 radical (unpaired) electrons. The molecule has 7 heteroatoms. The van der Waals surface area contributed by atoms with Crippen molar-refractivity contribution in [1.82, 2.24) is 4.90 Å². The van der Waals surface area contributed by atoms with Crippen molar-refractivity contribution in [2.24, 2.45) is 0 Å². The second kappa shape index (κ2) is 8.37. The molecule has 3 rings (SSSR count). The Morgan fingerprint density at radius 1 is 1.22 bits per heavy atom. The van der Waals surface area contributed by atoms with Crippen molar-refractivity contribution in [3.05, 3.63) is 70.6 Å². The van der Waals surface area contributed by atoms with Gasteiger partial charge in [0, 0.05) is 0 Å². The third-order valence-electron chi connectivity index (χ3n) is 4.09. The van der Waals surface area contributed by atoms with Crippen molar-refractivity contribution in [1.29, 1.82) is 0 Å². The number of aliphatic carboxylic acids is 1. The highest BCUT2D eigenvalue weighted by molar-refractivity contribution is 8.26. The second-order valence-corrected chi connectivity index (χ2v) is 7.53. The monoisotopic (exact) mass is 398 g/mol. The molecule has 0 saturated carbocycles. The molecule has 1 amide bonds. The SMILES string of the molecule is COc1ccc(C=C2SC(=S)N(C(Cc3ccccc3)C(=O)[O-])C2=O)cc1. The van der Waals surface area contributed by atoms with Crippen LogP contribution in [0.4, 0.5) is 0 Å². The van der Waals surface area contributed by atoms with Crippen LogP contribution in [0.1, 0.15) is 11.1 Å². The van der Waals surface area contributed by atoms with Crippen molar-refractivity contribution in [3.8, 4) is 5.75 Å². The standard InChI is InChI=1S/C20H17NO4S2/c1-25-15-9-7-14(8-10-15)12-17-18(22)21(20(26)27-17)16(19(23)24)11-13-5-3-2-4-6-13/h2-10,12,16H,11H2,1H3,(H,23,24)/p-1. The third kappa shape index (κ3) is 4.37. The highest BCUT2D eigenvalue weighted by atomic mass is 32.2. The largest absolute Gasteiger partial charge is 0.548 e. The number of carboxylic acids is 1. The molecular formula is C20H16NO4S2-. The van der Waals surface area contributed by atoms with E-state index in [1.807, 2.05) is 30.3 Å². The molecule has 2 aromatic rings. The number of nitrogens with zero attached hydrogens (tertiary/aromatic N) is 1. The first-order chi connectivity index (χ1) is 13.0. The van der Waals surface area contributed by atoms with Gasteiger partial charge in [0.15, 0.2) is 0 Å². The average molecular weight is 398 g/mol. The van der Waals surface area contributed by atoms with E-state index < -0.39 is 17.9 Å². The number of carbonyl (C=O) groups excluding carboxylic acids is 2. The highest BCUT2D eigenvalue weighted by Crippen LogP contribution is 2.34. The third-order valence-corrected chi connectivity index (χ3v) is 5.42. The summed E-state index contributed by atoms with van der Waals surface area (Å²) in [4.78, 5) is 26.0. The number of rotatable bonds is 6. The van der Waals surface area contributed by atoms with E-state index in [0.717, 1.165) is 27.8 Å². The summed E-state index contributed by atoms with van der Waals surface area (Å²) in [5.41, 5.74) is 1.59. The maximum absolute atomic E-state index is 12.8. The number of hydrogen-bond acceptors (Lipinski definition) is 6. The van der Waals surface area contributed by atoms with Gasteiger partial charge in [0.05, 0.1) is 24.0 Å². The molecule has 1 fully saturated rings. The molecule has 0 bridgehead atoms. The molecule has 0 N–H and O–H groups in total. The zero-order valence-corrected chi connectivity index (χ0v) is 16.1. The maximum atomic E-state index is 12.8.